The number of aryl methyl sites for hydroxylation is 1. The van der Waals surface area contributed by atoms with Crippen LogP contribution in [0.5, 0.6) is 0 Å². The van der Waals surface area contributed by atoms with Gasteiger partial charge in [0.15, 0.2) is 0 Å². The third-order valence-electron chi connectivity index (χ3n) is 6.27. The molecule has 0 aliphatic carbocycles. The van der Waals surface area contributed by atoms with Gasteiger partial charge in [-0.15, -0.1) is 0 Å². The average molecular weight is 485 g/mol. The second kappa shape index (κ2) is 9.10. The quantitative estimate of drug-likeness (QED) is 0.541. The molecule has 2 atom stereocenters. The summed E-state index contributed by atoms with van der Waals surface area (Å²) in [6, 6.07) is 13.7. The van der Waals surface area contributed by atoms with E-state index in [4.69, 9.17) is 5.73 Å². The highest BCUT2D eigenvalue weighted by molar-refractivity contribution is 6.45. The number of nitrogens with two attached hydrogens (primary N) is 1. The van der Waals surface area contributed by atoms with E-state index in [9.17, 15) is 14.4 Å². The topological polar surface area (TPSA) is 140 Å². The fraction of sp³-hybridized carbons (Fsp3) is 0.200. The second-order valence-corrected chi connectivity index (χ2v) is 8.46. The van der Waals surface area contributed by atoms with Crippen LogP contribution in [0.2, 0.25) is 0 Å². The van der Waals surface area contributed by atoms with Crippen molar-refractivity contribution < 1.29 is 9.59 Å². The molecule has 3 N–H and O–H groups in total. The standard InChI is InChI=1S/C25H24N8O3/c1-3-32-20(15-7-9-19(10-8-15)33-25(36)31(2)29-30-33)14-16-11-12-27-21(22(16)32)24(35)28-18-6-4-5-17(13-18)23(26)34/h4-14,16,22H,3H2,1-2H3,(H2,26,34)(H,28,35). The molecular formula is C25H24N8O3. The molecule has 2 aliphatic heterocycles. The van der Waals surface area contributed by atoms with Gasteiger partial charge in [-0.2, -0.15) is 9.36 Å². The number of tetrazole rings is 1. The number of aliphatic imine (C=N–C) groups is 1. The van der Waals surface area contributed by atoms with E-state index in [0.717, 1.165) is 11.3 Å². The fourth-order valence-corrected chi connectivity index (χ4v) is 4.53. The van der Waals surface area contributed by atoms with Gasteiger partial charge in [0.2, 0.25) is 5.91 Å². The first-order valence-corrected chi connectivity index (χ1v) is 11.4. The molecule has 3 heterocycles. The summed E-state index contributed by atoms with van der Waals surface area (Å²) in [5.41, 5.74) is 8.70. The van der Waals surface area contributed by atoms with Gasteiger partial charge in [-0.3, -0.25) is 14.6 Å². The molecule has 36 heavy (non-hydrogen) atoms. The van der Waals surface area contributed by atoms with E-state index in [1.807, 2.05) is 37.3 Å². The molecule has 0 radical (unpaired) electrons. The lowest BCUT2D eigenvalue weighted by Gasteiger charge is -2.32. The van der Waals surface area contributed by atoms with E-state index in [1.54, 1.807) is 31.4 Å². The Labute approximate surface area is 206 Å². The highest BCUT2D eigenvalue weighted by Gasteiger charge is 2.40. The fourth-order valence-electron chi connectivity index (χ4n) is 4.53. The van der Waals surface area contributed by atoms with Crippen LogP contribution in [0.1, 0.15) is 22.8 Å². The monoisotopic (exact) mass is 484 g/mol. The lowest BCUT2D eigenvalue weighted by Crippen LogP contribution is -2.46. The number of aromatic nitrogens is 4. The molecule has 182 valence electrons. The zero-order chi connectivity index (χ0) is 25.4. The van der Waals surface area contributed by atoms with Crippen LogP contribution in [0.15, 0.2) is 76.7 Å². The van der Waals surface area contributed by atoms with E-state index in [2.05, 4.69) is 31.7 Å². The van der Waals surface area contributed by atoms with Crippen molar-refractivity contribution in [1.82, 2.24) is 24.7 Å². The summed E-state index contributed by atoms with van der Waals surface area (Å²) in [6.45, 7) is 2.67. The number of hydrogen-bond donors (Lipinski definition) is 2. The highest BCUT2D eigenvalue weighted by atomic mass is 16.2. The molecule has 0 spiro atoms. The minimum atomic E-state index is -0.568. The van der Waals surface area contributed by atoms with E-state index >= 15 is 0 Å². The van der Waals surface area contributed by atoms with Gasteiger partial charge < -0.3 is 16.0 Å². The SMILES string of the molecule is CCN1C(c2ccc(-n3nnn(C)c3=O)cc2)=CC2C=CN=C(C(=O)Nc3cccc(C(N)=O)c3)C21. The van der Waals surface area contributed by atoms with Crippen molar-refractivity contribution in [2.24, 2.45) is 23.7 Å². The number of rotatable bonds is 6. The van der Waals surface area contributed by atoms with Crippen molar-refractivity contribution >= 4 is 28.9 Å². The number of fused-ring (bicyclic) bond motifs is 1. The van der Waals surface area contributed by atoms with Crippen molar-refractivity contribution in [2.75, 3.05) is 11.9 Å². The Balaban J connectivity index is 1.39. The van der Waals surface area contributed by atoms with Gasteiger partial charge in [-0.1, -0.05) is 30.4 Å². The Morgan fingerprint density at radius 2 is 1.89 bits per heavy atom. The summed E-state index contributed by atoms with van der Waals surface area (Å²) >= 11 is 0. The lowest BCUT2D eigenvalue weighted by molar-refractivity contribution is -0.110. The molecule has 1 aromatic heterocycles. The minimum Gasteiger partial charge on any atom is -0.366 e. The molecule has 0 saturated heterocycles. The van der Waals surface area contributed by atoms with Crippen LogP contribution in [-0.2, 0) is 11.8 Å². The predicted octanol–water partition coefficient (Wildman–Crippen LogP) is 1.33. The summed E-state index contributed by atoms with van der Waals surface area (Å²) in [4.78, 5) is 43.5. The maximum Gasteiger partial charge on any atom is 0.368 e. The van der Waals surface area contributed by atoms with E-state index in [-0.39, 0.29) is 23.6 Å². The maximum absolute atomic E-state index is 13.2. The van der Waals surface area contributed by atoms with Crippen LogP contribution < -0.4 is 16.7 Å². The largest absolute Gasteiger partial charge is 0.368 e. The lowest BCUT2D eigenvalue weighted by atomic mass is 9.94. The van der Waals surface area contributed by atoms with Crippen molar-refractivity contribution in [1.29, 1.82) is 0 Å². The number of nitrogens with one attached hydrogen (secondary N) is 1. The third-order valence-corrected chi connectivity index (χ3v) is 6.27. The molecule has 5 rings (SSSR count). The Hall–Kier alpha value is -4.80. The Bertz CT molecular complexity index is 1500. The first kappa shape index (κ1) is 23.0. The highest BCUT2D eigenvalue weighted by Crippen LogP contribution is 2.37. The molecule has 11 nitrogen and oxygen atoms in total. The van der Waals surface area contributed by atoms with E-state index < -0.39 is 5.91 Å². The molecular weight excluding hydrogens is 460 g/mol. The van der Waals surface area contributed by atoms with Crippen molar-refractivity contribution in [3.63, 3.8) is 0 Å². The summed E-state index contributed by atoms with van der Waals surface area (Å²) < 4.78 is 2.40. The zero-order valence-corrected chi connectivity index (χ0v) is 19.7. The number of carbonyl (C=O) groups is 2. The van der Waals surface area contributed by atoms with Gasteiger partial charge in [0.1, 0.15) is 5.71 Å². The number of primary amides is 1. The smallest absolute Gasteiger partial charge is 0.366 e. The first-order valence-electron chi connectivity index (χ1n) is 11.4. The molecule has 2 aliphatic rings. The molecule has 3 aromatic rings. The predicted molar refractivity (Wildman–Crippen MR) is 134 cm³/mol. The zero-order valence-electron chi connectivity index (χ0n) is 19.7. The molecule has 2 amide bonds. The molecule has 2 unspecified atom stereocenters. The number of hydrogen-bond acceptors (Lipinski definition) is 7. The van der Waals surface area contributed by atoms with Gasteiger partial charge in [0, 0.05) is 42.7 Å². The third kappa shape index (κ3) is 4.00. The van der Waals surface area contributed by atoms with Crippen molar-refractivity contribution in [2.45, 2.75) is 13.0 Å². The van der Waals surface area contributed by atoms with E-state index in [0.29, 0.717) is 29.2 Å². The van der Waals surface area contributed by atoms with Gasteiger partial charge >= 0.3 is 5.69 Å². The number of amides is 2. The van der Waals surface area contributed by atoms with Crippen LogP contribution in [0.4, 0.5) is 5.69 Å². The minimum absolute atomic E-state index is 0.0440. The molecule has 11 heteroatoms. The molecule has 0 fully saturated rings. The number of benzene rings is 2. The van der Waals surface area contributed by atoms with Gasteiger partial charge in [-0.25, -0.2) is 4.79 Å². The van der Waals surface area contributed by atoms with Crippen LogP contribution in [-0.4, -0.2) is 54.8 Å². The van der Waals surface area contributed by atoms with Crippen molar-refractivity contribution in [3.05, 3.63) is 88.5 Å². The average Bonchev–Trinajstić information content (AvgIpc) is 3.43. The number of nitrogens with zero attached hydrogens (tertiary/aromatic N) is 6. The van der Waals surface area contributed by atoms with Crippen LogP contribution >= 0.6 is 0 Å². The van der Waals surface area contributed by atoms with E-state index in [1.165, 1.54) is 15.4 Å². The molecule has 2 aromatic carbocycles. The van der Waals surface area contributed by atoms with Crippen LogP contribution in [0.25, 0.3) is 11.4 Å². The van der Waals surface area contributed by atoms with Crippen molar-refractivity contribution in [3.8, 4) is 5.69 Å². The van der Waals surface area contributed by atoms with Gasteiger partial charge in [0.05, 0.1) is 11.7 Å². The van der Waals surface area contributed by atoms with Gasteiger partial charge in [0.25, 0.3) is 5.91 Å². The Morgan fingerprint density at radius 3 is 2.56 bits per heavy atom. The Kier molecular flexibility index (Phi) is 5.80. The summed E-state index contributed by atoms with van der Waals surface area (Å²) in [6.07, 6.45) is 5.73. The number of anilines is 1. The normalized spacial score (nSPS) is 18.4. The maximum atomic E-state index is 13.2. The van der Waals surface area contributed by atoms with Crippen LogP contribution in [0.3, 0.4) is 0 Å². The molecule has 0 bridgehead atoms. The summed E-state index contributed by atoms with van der Waals surface area (Å²) in [7, 11) is 1.54. The molecule has 0 saturated carbocycles. The van der Waals surface area contributed by atoms with Gasteiger partial charge in [-0.05, 0) is 53.2 Å². The van der Waals surface area contributed by atoms with Crippen LogP contribution in [0, 0.1) is 5.92 Å². The second-order valence-electron chi connectivity index (χ2n) is 8.46. The summed E-state index contributed by atoms with van der Waals surface area (Å²) in [5.74, 6) is -0.958. The Morgan fingerprint density at radius 1 is 1.11 bits per heavy atom. The summed E-state index contributed by atoms with van der Waals surface area (Å²) in [5, 5.41) is 10.5. The number of carbonyl (C=O) groups excluding carboxylic acids is 2. The first-order chi connectivity index (χ1) is 17.4.